The van der Waals surface area contributed by atoms with Crippen molar-refractivity contribution in [1.82, 2.24) is 4.90 Å². The summed E-state index contributed by atoms with van der Waals surface area (Å²) in [6.45, 7) is 7.44. The van der Waals surface area contributed by atoms with Crippen molar-refractivity contribution < 1.29 is 9.47 Å². The highest BCUT2D eigenvalue weighted by molar-refractivity contribution is 5.67. The lowest BCUT2D eigenvalue weighted by molar-refractivity contribution is -0.0165. The summed E-state index contributed by atoms with van der Waals surface area (Å²) in [5.41, 5.74) is 3.41. The van der Waals surface area contributed by atoms with Gasteiger partial charge < -0.3 is 14.4 Å². The van der Waals surface area contributed by atoms with Gasteiger partial charge in [-0.15, -0.1) is 0 Å². The third kappa shape index (κ3) is 1.91. The van der Waals surface area contributed by atoms with Gasteiger partial charge in [-0.25, -0.2) is 0 Å². The predicted molar refractivity (Wildman–Crippen MR) is 66.6 cm³/mol. The number of ether oxygens (including phenoxy) is 2. The summed E-state index contributed by atoms with van der Waals surface area (Å²) in [6, 6.07) is 6.14. The number of benzene rings is 1. The minimum Gasteiger partial charge on any atom is -0.467 e. The lowest BCUT2D eigenvalue weighted by Crippen LogP contribution is -2.19. The maximum absolute atomic E-state index is 5.50. The Kier molecular flexibility index (Phi) is 2.77. The van der Waals surface area contributed by atoms with E-state index in [-0.39, 0.29) is 0 Å². The fourth-order valence-corrected chi connectivity index (χ4v) is 2.53. The molecule has 3 rings (SSSR count). The molecule has 2 aliphatic heterocycles. The molecule has 1 aromatic carbocycles. The third-order valence-corrected chi connectivity index (χ3v) is 3.48. The van der Waals surface area contributed by atoms with Crippen LogP contribution in [-0.4, -0.2) is 24.8 Å². The molecule has 0 unspecified atom stereocenters. The van der Waals surface area contributed by atoms with E-state index < -0.39 is 0 Å². The van der Waals surface area contributed by atoms with Crippen LogP contribution in [0.2, 0.25) is 0 Å². The molecule has 0 saturated carbocycles. The van der Waals surface area contributed by atoms with E-state index in [1.807, 2.05) is 12.1 Å². The average molecular weight is 231 g/mol. The minimum atomic E-state index is 0.354. The second kappa shape index (κ2) is 4.41. The van der Waals surface area contributed by atoms with Gasteiger partial charge in [0.25, 0.3) is 0 Å². The maximum Gasteiger partial charge on any atom is 0.189 e. The van der Waals surface area contributed by atoms with Crippen molar-refractivity contribution >= 4 is 5.70 Å². The van der Waals surface area contributed by atoms with Crippen LogP contribution < -0.4 is 4.74 Å². The van der Waals surface area contributed by atoms with Crippen LogP contribution >= 0.6 is 0 Å². The van der Waals surface area contributed by atoms with Gasteiger partial charge >= 0.3 is 0 Å². The van der Waals surface area contributed by atoms with Gasteiger partial charge in [-0.3, -0.25) is 0 Å². The Bertz CT molecular complexity index is 436. The number of rotatable bonds is 2. The molecule has 1 saturated heterocycles. The second-order valence-electron chi connectivity index (χ2n) is 4.53. The number of hydrogen-bond acceptors (Lipinski definition) is 3. The van der Waals surface area contributed by atoms with E-state index in [1.165, 1.54) is 18.4 Å². The molecule has 0 bridgehead atoms. The molecule has 90 valence electrons. The molecule has 0 aliphatic carbocycles. The summed E-state index contributed by atoms with van der Waals surface area (Å²) in [5.74, 6) is 0.939. The monoisotopic (exact) mass is 231 g/mol. The molecule has 0 atom stereocenters. The van der Waals surface area contributed by atoms with Crippen molar-refractivity contribution in [2.45, 2.75) is 19.4 Å². The zero-order valence-electron chi connectivity index (χ0n) is 9.95. The summed E-state index contributed by atoms with van der Waals surface area (Å²) < 4.78 is 10.9. The summed E-state index contributed by atoms with van der Waals surface area (Å²) >= 11 is 0. The van der Waals surface area contributed by atoms with Gasteiger partial charge in [0.15, 0.2) is 6.79 Å². The number of likely N-dealkylation sites (tertiary alicyclic amines) is 1. The highest BCUT2D eigenvalue weighted by atomic mass is 16.7. The molecule has 2 aliphatic rings. The minimum absolute atomic E-state index is 0.354. The number of hydrogen-bond donors (Lipinski definition) is 0. The summed E-state index contributed by atoms with van der Waals surface area (Å²) in [7, 11) is 0. The Morgan fingerprint density at radius 1 is 1.24 bits per heavy atom. The first-order valence-corrected chi connectivity index (χ1v) is 6.13. The Hall–Kier alpha value is -1.48. The SMILES string of the molecule is C=C(c1cccc2c1COCO2)N1CCCC1. The molecule has 0 spiro atoms. The zero-order chi connectivity index (χ0) is 11.7. The summed E-state index contributed by atoms with van der Waals surface area (Å²) in [5, 5.41) is 0. The smallest absolute Gasteiger partial charge is 0.189 e. The molecule has 3 nitrogen and oxygen atoms in total. The van der Waals surface area contributed by atoms with E-state index >= 15 is 0 Å². The molecule has 0 radical (unpaired) electrons. The lowest BCUT2D eigenvalue weighted by Gasteiger charge is -2.25. The largest absolute Gasteiger partial charge is 0.467 e. The Morgan fingerprint density at radius 2 is 2.06 bits per heavy atom. The second-order valence-corrected chi connectivity index (χ2v) is 4.53. The quantitative estimate of drug-likeness (QED) is 0.781. The van der Waals surface area contributed by atoms with Gasteiger partial charge in [-0.05, 0) is 18.9 Å². The Labute approximate surface area is 102 Å². The lowest BCUT2D eigenvalue weighted by atomic mass is 10.0. The molecular formula is C14H17NO2. The first-order valence-electron chi connectivity index (χ1n) is 6.13. The van der Waals surface area contributed by atoms with E-state index in [9.17, 15) is 0 Å². The predicted octanol–water partition coefficient (Wildman–Crippen LogP) is 2.62. The van der Waals surface area contributed by atoms with Gasteiger partial charge in [0.2, 0.25) is 0 Å². The van der Waals surface area contributed by atoms with Crippen LogP contribution in [0.25, 0.3) is 5.70 Å². The Morgan fingerprint density at radius 3 is 2.88 bits per heavy atom. The topological polar surface area (TPSA) is 21.7 Å². The average Bonchev–Trinajstić information content (AvgIpc) is 2.91. The van der Waals surface area contributed by atoms with Crippen LogP contribution in [0.5, 0.6) is 5.75 Å². The molecule has 0 N–H and O–H groups in total. The highest BCUT2D eigenvalue weighted by Gasteiger charge is 2.20. The fourth-order valence-electron chi connectivity index (χ4n) is 2.53. The van der Waals surface area contributed by atoms with Crippen LogP contribution in [0, 0.1) is 0 Å². The number of fused-ring (bicyclic) bond motifs is 1. The van der Waals surface area contributed by atoms with Crippen LogP contribution in [-0.2, 0) is 11.3 Å². The maximum atomic E-state index is 5.50. The van der Waals surface area contributed by atoms with Gasteiger partial charge in [-0.1, -0.05) is 18.7 Å². The van der Waals surface area contributed by atoms with Crippen LogP contribution in [0.4, 0.5) is 0 Å². The molecule has 0 amide bonds. The van der Waals surface area contributed by atoms with Gasteiger partial charge in [0.05, 0.1) is 6.61 Å². The first-order chi connectivity index (χ1) is 8.36. The van der Waals surface area contributed by atoms with Gasteiger partial charge in [0, 0.05) is 29.9 Å². The van der Waals surface area contributed by atoms with E-state index in [4.69, 9.17) is 9.47 Å². The van der Waals surface area contributed by atoms with Gasteiger partial charge in [0.1, 0.15) is 5.75 Å². The molecule has 1 aromatic rings. The molecular weight excluding hydrogens is 214 g/mol. The van der Waals surface area contributed by atoms with Crippen molar-refractivity contribution in [2.75, 3.05) is 19.9 Å². The van der Waals surface area contributed by atoms with Crippen LogP contribution in [0.3, 0.4) is 0 Å². The van der Waals surface area contributed by atoms with Crippen molar-refractivity contribution in [3.8, 4) is 5.75 Å². The van der Waals surface area contributed by atoms with Crippen LogP contribution in [0.1, 0.15) is 24.0 Å². The van der Waals surface area contributed by atoms with Crippen molar-refractivity contribution in [3.63, 3.8) is 0 Å². The van der Waals surface area contributed by atoms with Gasteiger partial charge in [-0.2, -0.15) is 0 Å². The molecule has 2 heterocycles. The highest BCUT2D eigenvalue weighted by Crippen LogP contribution is 2.32. The van der Waals surface area contributed by atoms with E-state index in [2.05, 4.69) is 17.5 Å². The van der Waals surface area contributed by atoms with Crippen LogP contribution in [0.15, 0.2) is 24.8 Å². The third-order valence-electron chi connectivity index (χ3n) is 3.48. The van der Waals surface area contributed by atoms with Crippen molar-refractivity contribution in [1.29, 1.82) is 0 Å². The number of nitrogens with zero attached hydrogens (tertiary/aromatic N) is 1. The molecule has 1 fully saturated rings. The van der Waals surface area contributed by atoms with E-state index in [0.29, 0.717) is 13.4 Å². The van der Waals surface area contributed by atoms with E-state index in [1.54, 1.807) is 0 Å². The first kappa shape index (κ1) is 10.7. The van der Waals surface area contributed by atoms with Crippen molar-refractivity contribution in [2.24, 2.45) is 0 Å². The van der Waals surface area contributed by atoms with Crippen molar-refractivity contribution in [3.05, 3.63) is 35.9 Å². The molecule has 17 heavy (non-hydrogen) atoms. The molecule has 3 heteroatoms. The summed E-state index contributed by atoms with van der Waals surface area (Å²) in [4.78, 5) is 2.35. The Balaban J connectivity index is 1.94. The standard InChI is InChI=1S/C14H17NO2/c1-11(15-7-2-3-8-15)12-5-4-6-14-13(12)9-16-10-17-14/h4-6H,1-3,7-10H2. The molecule has 0 aromatic heterocycles. The van der Waals surface area contributed by atoms with E-state index in [0.717, 1.165) is 30.1 Å². The normalized spacial score (nSPS) is 18.7. The zero-order valence-corrected chi connectivity index (χ0v) is 9.95. The summed E-state index contributed by atoms with van der Waals surface area (Å²) in [6.07, 6.45) is 2.53. The fraction of sp³-hybridized carbons (Fsp3) is 0.429.